The number of nitrogens with zero attached hydrogens (tertiary/aromatic N) is 1. The average molecular weight is 259 g/mol. The molecule has 0 spiro atoms. The molecule has 0 heterocycles. The molecule has 6 heteroatoms. The van der Waals surface area contributed by atoms with Crippen molar-refractivity contribution in [2.24, 2.45) is 0 Å². The molecule has 0 aromatic heterocycles. The standard InChI is InChI=1S/C10H9ClNO3S/c1-7(13)16-10(6-12(14)15)8-2-4-9(11)5-3-8/h2-6,10H,1H3/q-1. The van der Waals surface area contributed by atoms with Crippen LogP contribution in [0, 0.1) is 16.7 Å². The molecule has 4 nitrogen and oxygen atoms in total. The summed E-state index contributed by atoms with van der Waals surface area (Å²) in [6.07, 6.45) is 0. The van der Waals surface area contributed by atoms with Crippen molar-refractivity contribution in [2.45, 2.75) is 12.2 Å². The zero-order chi connectivity index (χ0) is 12.1. The average Bonchev–Trinajstić information content (AvgIpc) is 2.16. The lowest BCUT2D eigenvalue weighted by Crippen LogP contribution is -2.05. The molecule has 0 radical (unpaired) electrons. The van der Waals surface area contributed by atoms with Crippen LogP contribution in [-0.4, -0.2) is 10.0 Å². The van der Waals surface area contributed by atoms with Crippen LogP contribution in [0.3, 0.4) is 0 Å². The van der Waals surface area contributed by atoms with Gasteiger partial charge in [-0.2, -0.15) is 0 Å². The number of rotatable bonds is 4. The van der Waals surface area contributed by atoms with Gasteiger partial charge >= 0.3 is 0 Å². The highest BCUT2D eigenvalue weighted by atomic mass is 35.5. The molecule has 1 rings (SSSR count). The van der Waals surface area contributed by atoms with Gasteiger partial charge in [-0.15, -0.1) is 16.7 Å². The van der Waals surface area contributed by atoms with Crippen LogP contribution in [0.25, 0.3) is 0 Å². The smallest absolute Gasteiger partial charge is 0.184 e. The summed E-state index contributed by atoms with van der Waals surface area (Å²) in [4.78, 5) is 20.9. The Morgan fingerprint density at radius 2 is 2.06 bits per heavy atom. The minimum Gasteiger partial charge on any atom is -0.295 e. The molecule has 0 aliphatic carbocycles. The maximum atomic E-state index is 11.0. The normalized spacial score (nSPS) is 11.9. The number of hydrogen-bond donors (Lipinski definition) is 0. The van der Waals surface area contributed by atoms with Gasteiger partial charge in [-0.3, -0.25) is 14.9 Å². The molecule has 0 saturated heterocycles. The SMILES string of the molecule is CC(=O)SC([CH-][N+](=O)[O-])c1ccc(Cl)cc1. The monoisotopic (exact) mass is 258 g/mol. The quantitative estimate of drug-likeness (QED) is 0.473. The minimum absolute atomic E-state index is 0.168. The molecule has 1 aromatic carbocycles. The van der Waals surface area contributed by atoms with E-state index >= 15 is 0 Å². The van der Waals surface area contributed by atoms with Gasteiger partial charge in [0.25, 0.3) is 0 Å². The van der Waals surface area contributed by atoms with Crippen LogP contribution >= 0.6 is 23.4 Å². The van der Waals surface area contributed by atoms with Gasteiger partial charge in [-0.05, 0) is 23.9 Å². The Balaban J connectivity index is 2.86. The van der Waals surface area contributed by atoms with Gasteiger partial charge in [-0.1, -0.05) is 29.3 Å². The Hall–Kier alpha value is -1.20. The zero-order valence-electron chi connectivity index (χ0n) is 8.42. The summed E-state index contributed by atoms with van der Waals surface area (Å²) in [5, 5.41) is 10.2. The van der Waals surface area contributed by atoms with E-state index in [0.29, 0.717) is 10.6 Å². The van der Waals surface area contributed by atoms with Crippen LogP contribution in [0.1, 0.15) is 17.7 Å². The van der Waals surface area contributed by atoms with E-state index in [9.17, 15) is 14.9 Å². The molecular formula is C10H9ClNO3S-. The van der Waals surface area contributed by atoms with E-state index in [2.05, 4.69) is 0 Å². The highest BCUT2D eigenvalue weighted by Gasteiger charge is 2.11. The fraction of sp³-hybridized carbons (Fsp3) is 0.200. The summed E-state index contributed by atoms with van der Waals surface area (Å²) in [6, 6.07) is 6.61. The predicted octanol–water partition coefficient (Wildman–Crippen LogP) is 3.10. The summed E-state index contributed by atoms with van der Waals surface area (Å²) in [7, 11) is 0. The fourth-order valence-electron chi connectivity index (χ4n) is 1.13. The fourth-order valence-corrected chi connectivity index (χ4v) is 2.06. The van der Waals surface area contributed by atoms with Gasteiger partial charge in [0.05, 0.1) is 0 Å². The van der Waals surface area contributed by atoms with Crippen molar-refractivity contribution in [1.82, 2.24) is 0 Å². The molecule has 0 aliphatic rings. The molecule has 1 aromatic rings. The van der Waals surface area contributed by atoms with Crippen LogP contribution in [0.4, 0.5) is 0 Å². The first-order chi connectivity index (χ1) is 7.49. The highest BCUT2D eigenvalue weighted by Crippen LogP contribution is 2.32. The number of benzene rings is 1. The Morgan fingerprint density at radius 3 is 2.50 bits per heavy atom. The van der Waals surface area contributed by atoms with Gasteiger partial charge < -0.3 is 0 Å². The maximum Gasteiger partial charge on any atom is 0.184 e. The van der Waals surface area contributed by atoms with Crippen LogP contribution in [0.5, 0.6) is 0 Å². The summed E-state index contributed by atoms with van der Waals surface area (Å²) in [5.74, 6) is 0. The van der Waals surface area contributed by atoms with Gasteiger partial charge in [0, 0.05) is 11.9 Å². The van der Waals surface area contributed by atoms with Crippen molar-refractivity contribution in [2.75, 3.05) is 0 Å². The second-order valence-electron chi connectivity index (χ2n) is 3.02. The highest BCUT2D eigenvalue weighted by molar-refractivity contribution is 8.13. The van der Waals surface area contributed by atoms with Gasteiger partial charge in [0.1, 0.15) is 0 Å². The number of carbonyl (C=O) groups excluding carboxylic acids is 1. The van der Waals surface area contributed by atoms with Crippen LogP contribution in [0.2, 0.25) is 5.02 Å². The van der Waals surface area contributed by atoms with E-state index in [1.165, 1.54) is 6.92 Å². The molecule has 0 fully saturated rings. The topological polar surface area (TPSA) is 60.2 Å². The Kier molecular flexibility index (Phi) is 4.64. The molecule has 1 atom stereocenters. The number of nitro groups is 1. The first-order valence-corrected chi connectivity index (χ1v) is 5.66. The summed E-state index contributed by atoms with van der Waals surface area (Å²) in [6.45, 7) is 2.27. The molecule has 16 heavy (non-hydrogen) atoms. The third-order valence-corrected chi connectivity index (χ3v) is 2.98. The van der Waals surface area contributed by atoms with Gasteiger partial charge in [0.2, 0.25) is 0 Å². The molecule has 86 valence electrons. The minimum atomic E-state index is -0.579. The first kappa shape index (κ1) is 12.9. The van der Waals surface area contributed by atoms with Gasteiger partial charge in [-0.25, -0.2) is 0 Å². The molecule has 0 saturated carbocycles. The molecule has 0 N–H and O–H groups in total. The molecule has 0 bridgehead atoms. The molecule has 1 unspecified atom stereocenters. The van der Waals surface area contributed by atoms with Crippen LogP contribution < -0.4 is 0 Å². The second-order valence-corrected chi connectivity index (χ2v) is 4.77. The van der Waals surface area contributed by atoms with E-state index in [1.807, 2.05) is 0 Å². The van der Waals surface area contributed by atoms with Crippen molar-refractivity contribution >= 4 is 28.5 Å². The van der Waals surface area contributed by atoms with Crippen molar-refractivity contribution in [1.29, 1.82) is 0 Å². The maximum absolute atomic E-state index is 11.0. The molecule has 0 amide bonds. The Labute approximate surface area is 102 Å². The van der Waals surface area contributed by atoms with E-state index in [4.69, 9.17) is 11.6 Å². The zero-order valence-corrected chi connectivity index (χ0v) is 9.99. The summed E-state index contributed by atoms with van der Waals surface area (Å²) >= 11 is 6.62. The van der Waals surface area contributed by atoms with E-state index in [-0.39, 0.29) is 5.12 Å². The van der Waals surface area contributed by atoms with E-state index < -0.39 is 10.2 Å². The van der Waals surface area contributed by atoms with Gasteiger partial charge in [0.15, 0.2) is 5.12 Å². The number of thioether (sulfide) groups is 1. The van der Waals surface area contributed by atoms with Crippen LogP contribution in [0.15, 0.2) is 24.3 Å². The summed E-state index contributed by atoms with van der Waals surface area (Å²) in [5.41, 5.74) is 0.682. The van der Waals surface area contributed by atoms with Crippen molar-refractivity contribution in [3.05, 3.63) is 51.5 Å². The van der Waals surface area contributed by atoms with Crippen LogP contribution in [-0.2, 0) is 4.79 Å². The lowest BCUT2D eigenvalue weighted by atomic mass is 10.1. The third-order valence-electron chi connectivity index (χ3n) is 1.75. The van der Waals surface area contributed by atoms with Crippen molar-refractivity contribution in [3.8, 4) is 0 Å². The number of carbonyl (C=O) groups is 1. The number of halogens is 1. The van der Waals surface area contributed by atoms with Crippen molar-refractivity contribution < 1.29 is 9.72 Å². The lowest BCUT2D eigenvalue weighted by Gasteiger charge is -2.18. The third kappa shape index (κ3) is 4.12. The van der Waals surface area contributed by atoms with E-state index in [1.54, 1.807) is 24.3 Å². The number of hydrogen-bond acceptors (Lipinski definition) is 4. The predicted molar refractivity (Wildman–Crippen MR) is 63.8 cm³/mol. The molecule has 0 aliphatic heterocycles. The largest absolute Gasteiger partial charge is 0.295 e. The van der Waals surface area contributed by atoms with E-state index in [0.717, 1.165) is 18.3 Å². The summed E-state index contributed by atoms with van der Waals surface area (Å²) < 4.78 is 0. The van der Waals surface area contributed by atoms with Crippen molar-refractivity contribution in [3.63, 3.8) is 0 Å². The lowest BCUT2D eigenvalue weighted by molar-refractivity contribution is -0.437. The second kappa shape index (κ2) is 5.77. The molecular weight excluding hydrogens is 250 g/mol. The first-order valence-electron chi connectivity index (χ1n) is 4.40. The Morgan fingerprint density at radius 1 is 1.50 bits per heavy atom. The Bertz CT molecular complexity index is 378.